The Morgan fingerprint density at radius 1 is 1.21 bits per heavy atom. The van der Waals surface area contributed by atoms with Gasteiger partial charge in [0.15, 0.2) is 6.61 Å². The third kappa shape index (κ3) is 6.21. The van der Waals surface area contributed by atoms with E-state index in [1.807, 2.05) is 4.90 Å². The second-order valence-electron chi connectivity index (χ2n) is 5.76. The van der Waals surface area contributed by atoms with Gasteiger partial charge in [-0.2, -0.15) is 0 Å². The van der Waals surface area contributed by atoms with E-state index in [4.69, 9.17) is 27.9 Å². The molecule has 2 rings (SSSR count). The van der Waals surface area contributed by atoms with Crippen molar-refractivity contribution < 1.29 is 14.3 Å². The number of nitrogens with zero attached hydrogens (tertiary/aromatic N) is 1. The molecule has 0 bridgehead atoms. The molecule has 0 aromatic heterocycles. The van der Waals surface area contributed by atoms with Crippen molar-refractivity contribution in [3.63, 3.8) is 0 Å². The van der Waals surface area contributed by atoms with Crippen molar-refractivity contribution in [1.29, 1.82) is 0 Å². The molecule has 1 aromatic rings. The summed E-state index contributed by atoms with van der Waals surface area (Å²) in [6.45, 7) is 1.31. The number of halogens is 2. The molecule has 0 spiro atoms. The number of alkyl halides is 1. The van der Waals surface area contributed by atoms with Gasteiger partial charge in [0, 0.05) is 36.5 Å². The molecule has 0 atom stereocenters. The summed E-state index contributed by atoms with van der Waals surface area (Å²) in [5.41, 5.74) is 0. The van der Waals surface area contributed by atoms with Crippen molar-refractivity contribution in [3.8, 4) is 5.75 Å². The number of amides is 2. The molecule has 1 aliphatic heterocycles. The fourth-order valence-electron chi connectivity index (χ4n) is 2.60. The lowest BCUT2D eigenvalue weighted by Crippen LogP contribution is -2.47. The van der Waals surface area contributed by atoms with Crippen molar-refractivity contribution in [1.82, 2.24) is 10.2 Å². The molecule has 2 amide bonds. The highest BCUT2D eigenvalue weighted by molar-refractivity contribution is 6.30. The summed E-state index contributed by atoms with van der Waals surface area (Å²) in [6.07, 6.45) is 2.73. The van der Waals surface area contributed by atoms with E-state index in [-0.39, 0.29) is 24.5 Å². The highest BCUT2D eigenvalue weighted by Gasteiger charge is 2.23. The SMILES string of the molecule is O=C(COc1ccc(Cl)cc1)NC1CCN(C(=O)CCCCl)CC1. The highest BCUT2D eigenvalue weighted by Crippen LogP contribution is 2.16. The summed E-state index contributed by atoms with van der Waals surface area (Å²) in [4.78, 5) is 25.7. The molecule has 24 heavy (non-hydrogen) atoms. The Morgan fingerprint density at radius 2 is 1.88 bits per heavy atom. The lowest BCUT2D eigenvalue weighted by Gasteiger charge is -2.32. The quantitative estimate of drug-likeness (QED) is 0.748. The first-order chi connectivity index (χ1) is 11.6. The summed E-state index contributed by atoms with van der Waals surface area (Å²) in [7, 11) is 0. The second-order valence-corrected chi connectivity index (χ2v) is 6.57. The molecule has 7 heteroatoms. The minimum Gasteiger partial charge on any atom is -0.484 e. The fraction of sp³-hybridized carbons (Fsp3) is 0.529. The third-order valence-corrected chi connectivity index (χ3v) is 4.44. The molecule has 132 valence electrons. The molecule has 1 aromatic carbocycles. The molecule has 1 N–H and O–H groups in total. The lowest BCUT2D eigenvalue weighted by atomic mass is 10.0. The maximum Gasteiger partial charge on any atom is 0.258 e. The standard InChI is InChI=1S/C17H22Cl2N2O3/c18-9-1-2-17(23)21-10-7-14(8-11-21)20-16(22)12-24-15-5-3-13(19)4-6-15/h3-6,14H,1-2,7-12H2,(H,20,22). The van der Waals surface area contributed by atoms with Gasteiger partial charge in [0.05, 0.1) is 0 Å². The number of rotatable bonds is 7. The predicted molar refractivity (Wildman–Crippen MR) is 94.6 cm³/mol. The van der Waals surface area contributed by atoms with E-state index in [9.17, 15) is 9.59 Å². The van der Waals surface area contributed by atoms with E-state index in [1.54, 1.807) is 24.3 Å². The third-order valence-electron chi connectivity index (χ3n) is 3.92. The fourth-order valence-corrected chi connectivity index (χ4v) is 2.86. The van der Waals surface area contributed by atoms with Crippen LogP contribution in [0.1, 0.15) is 25.7 Å². The Morgan fingerprint density at radius 3 is 2.50 bits per heavy atom. The zero-order valence-corrected chi connectivity index (χ0v) is 15.0. The zero-order chi connectivity index (χ0) is 17.4. The summed E-state index contributed by atoms with van der Waals surface area (Å²) in [5, 5.41) is 3.58. The number of piperidine rings is 1. The largest absolute Gasteiger partial charge is 0.484 e. The van der Waals surface area contributed by atoms with Crippen molar-refractivity contribution in [2.24, 2.45) is 0 Å². The number of hydrogen-bond acceptors (Lipinski definition) is 3. The van der Waals surface area contributed by atoms with Gasteiger partial charge in [-0.05, 0) is 43.5 Å². The van der Waals surface area contributed by atoms with E-state index in [1.165, 1.54) is 0 Å². The van der Waals surface area contributed by atoms with Crippen LogP contribution in [0, 0.1) is 0 Å². The van der Waals surface area contributed by atoms with Crippen LogP contribution in [-0.2, 0) is 9.59 Å². The van der Waals surface area contributed by atoms with E-state index in [0.29, 0.717) is 42.6 Å². The van der Waals surface area contributed by atoms with E-state index in [2.05, 4.69) is 5.32 Å². The average molecular weight is 373 g/mol. The van der Waals surface area contributed by atoms with E-state index in [0.717, 1.165) is 12.8 Å². The molecule has 0 radical (unpaired) electrons. The normalized spacial score (nSPS) is 15.2. The molecule has 1 saturated heterocycles. The van der Waals surface area contributed by atoms with E-state index >= 15 is 0 Å². The average Bonchev–Trinajstić information content (AvgIpc) is 2.60. The summed E-state index contributed by atoms with van der Waals surface area (Å²) >= 11 is 11.4. The number of nitrogens with one attached hydrogen (secondary N) is 1. The van der Waals surface area contributed by atoms with Gasteiger partial charge in [-0.25, -0.2) is 0 Å². The smallest absolute Gasteiger partial charge is 0.258 e. The summed E-state index contributed by atoms with van der Waals surface area (Å²) in [6, 6.07) is 6.96. The van der Waals surface area contributed by atoms with Gasteiger partial charge in [-0.15, -0.1) is 11.6 Å². The topological polar surface area (TPSA) is 58.6 Å². The molecule has 5 nitrogen and oxygen atoms in total. The Labute approximate surface area is 152 Å². The van der Waals surface area contributed by atoms with Crippen molar-refractivity contribution in [3.05, 3.63) is 29.3 Å². The minimum atomic E-state index is -0.156. The first kappa shape index (κ1) is 18.9. The van der Waals surface area contributed by atoms with E-state index < -0.39 is 0 Å². The molecule has 0 aliphatic carbocycles. The van der Waals surface area contributed by atoms with Gasteiger partial charge in [-0.3, -0.25) is 9.59 Å². The van der Waals surface area contributed by atoms with Crippen LogP contribution >= 0.6 is 23.2 Å². The summed E-state index contributed by atoms with van der Waals surface area (Å²) in [5.74, 6) is 1.10. The Kier molecular flexibility index (Phi) is 7.66. The molecule has 0 saturated carbocycles. The van der Waals surface area contributed by atoms with Crippen molar-refractivity contribution in [2.45, 2.75) is 31.7 Å². The van der Waals surface area contributed by atoms with Gasteiger partial charge >= 0.3 is 0 Å². The van der Waals surface area contributed by atoms with Crippen LogP contribution in [0.3, 0.4) is 0 Å². The second kappa shape index (κ2) is 9.74. The van der Waals surface area contributed by atoms with Crippen LogP contribution in [0.5, 0.6) is 5.75 Å². The number of likely N-dealkylation sites (tertiary alicyclic amines) is 1. The molecular formula is C17H22Cl2N2O3. The van der Waals surface area contributed by atoms with Crippen LogP contribution in [0.25, 0.3) is 0 Å². The number of hydrogen-bond donors (Lipinski definition) is 1. The Bertz CT molecular complexity index is 543. The Balaban J connectivity index is 1.66. The minimum absolute atomic E-state index is 0.0313. The summed E-state index contributed by atoms with van der Waals surface area (Å²) < 4.78 is 5.42. The lowest BCUT2D eigenvalue weighted by molar-refractivity contribution is -0.132. The first-order valence-corrected chi connectivity index (χ1v) is 9.01. The molecule has 1 heterocycles. The van der Waals surface area contributed by atoms with Crippen LogP contribution in [0.15, 0.2) is 24.3 Å². The first-order valence-electron chi connectivity index (χ1n) is 8.10. The van der Waals surface area contributed by atoms with Crippen LogP contribution in [0.2, 0.25) is 5.02 Å². The molecular weight excluding hydrogens is 351 g/mol. The zero-order valence-electron chi connectivity index (χ0n) is 13.5. The van der Waals surface area contributed by atoms with Crippen molar-refractivity contribution in [2.75, 3.05) is 25.6 Å². The van der Waals surface area contributed by atoms with Crippen LogP contribution < -0.4 is 10.1 Å². The maximum absolute atomic E-state index is 12.0. The van der Waals surface area contributed by atoms with Crippen LogP contribution in [-0.4, -0.2) is 48.3 Å². The van der Waals surface area contributed by atoms with Crippen LogP contribution in [0.4, 0.5) is 0 Å². The number of carbonyl (C=O) groups excluding carboxylic acids is 2. The van der Waals surface area contributed by atoms with Gasteiger partial charge in [0.25, 0.3) is 5.91 Å². The van der Waals surface area contributed by atoms with Gasteiger partial charge in [0.2, 0.25) is 5.91 Å². The van der Waals surface area contributed by atoms with Gasteiger partial charge in [0.1, 0.15) is 5.75 Å². The monoisotopic (exact) mass is 372 g/mol. The molecule has 1 fully saturated rings. The van der Waals surface area contributed by atoms with Gasteiger partial charge in [-0.1, -0.05) is 11.6 Å². The maximum atomic E-state index is 12.0. The number of carbonyl (C=O) groups is 2. The van der Waals surface area contributed by atoms with Crippen molar-refractivity contribution >= 4 is 35.0 Å². The molecule has 1 aliphatic rings. The highest BCUT2D eigenvalue weighted by atomic mass is 35.5. The predicted octanol–water partition coefficient (Wildman–Crippen LogP) is 2.85. The van der Waals surface area contributed by atoms with Gasteiger partial charge < -0.3 is 15.0 Å². The molecule has 0 unspecified atom stereocenters. The number of benzene rings is 1. The number of ether oxygens (including phenoxy) is 1. The Hall–Kier alpha value is -1.46.